The van der Waals surface area contributed by atoms with E-state index in [2.05, 4.69) is 50.3 Å². The number of phosphoric acid groups is 1. The van der Waals surface area contributed by atoms with E-state index < -0.39 is 13.9 Å². The molecule has 0 bridgehead atoms. The molecule has 0 aliphatic rings. The average molecular weight is 771 g/mol. The van der Waals surface area contributed by atoms with Crippen molar-refractivity contribution in [1.82, 2.24) is 0 Å². The number of carbonyl (C=O) groups is 1. The van der Waals surface area contributed by atoms with E-state index in [0.29, 0.717) is 24.1 Å². The van der Waals surface area contributed by atoms with Crippen molar-refractivity contribution in [3.05, 3.63) is 36.5 Å². The third-order valence-electron chi connectivity index (χ3n) is 9.20. The highest BCUT2D eigenvalue weighted by Gasteiger charge is 2.26. The molecule has 0 amide bonds. The molecule has 0 spiro atoms. The maximum absolute atomic E-state index is 12.7. The number of hydrogen-bond acceptors (Lipinski definition) is 6. The molecule has 0 fully saturated rings. The molecule has 0 saturated carbocycles. The number of esters is 1. The van der Waals surface area contributed by atoms with Crippen LogP contribution in [0, 0.1) is 0 Å². The van der Waals surface area contributed by atoms with Gasteiger partial charge in [-0.25, -0.2) is 4.57 Å². The maximum Gasteiger partial charge on any atom is 0.472 e. The van der Waals surface area contributed by atoms with E-state index in [0.717, 1.165) is 57.8 Å². The number of nitrogens with zero attached hydrogens (tertiary/aromatic N) is 1. The Morgan fingerprint density at radius 1 is 0.585 bits per heavy atom. The number of rotatable bonds is 40. The van der Waals surface area contributed by atoms with Gasteiger partial charge >= 0.3 is 13.8 Å². The van der Waals surface area contributed by atoms with E-state index in [9.17, 15) is 14.3 Å². The van der Waals surface area contributed by atoms with Crippen molar-refractivity contribution in [2.75, 3.05) is 54.1 Å². The van der Waals surface area contributed by atoms with Crippen molar-refractivity contribution in [3.63, 3.8) is 0 Å². The lowest BCUT2D eigenvalue weighted by Gasteiger charge is -2.24. The van der Waals surface area contributed by atoms with E-state index in [1.807, 2.05) is 21.1 Å². The van der Waals surface area contributed by atoms with E-state index >= 15 is 0 Å². The minimum atomic E-state index is -4.28. The third-order valence-corrected chi connectivity index (χ3v) is 10.2. The molecule has 0 saturated heterocycles. The third kappa shape index (κ3) is 41.7. The van der Waals surface area contributed by atoms with Gasteiger partial charge in [0.2, 0.25) is 0 Å². The summed E-state index contributed by atoms with van der Waals surface area (Å²) in [4.78, 5) is 22.9. The number of carbonyl (C=O) groups excluding carboxylic acids is 1. The molecule has 9 heteroatoms. The first-order valence-corrected chi connectivity index (χ1v) is 23.2. The number of allylic oxidation sites excluding steroid dienone is 6. The van der Waals surface area contributed by atoms with Crippen LogP contribution in [0.5, 0.6) is 0 Å². The Bertz CT molecular complexity index is 947. The number of likely N-dealkylation sites (N-methyl/N-ethyl adjacent to an activating group) is 1. The maximum atomic E-state index is 12.7. The summed E-state index contributed by atoms with van der Waals surface area (Å²) in [5, 5.41) is 0. The predicted octanol–water partition coefficient (Wildman–Crippen LogP) is 12.6. The summed E-state index contributed by atoms with van der Waals surface area (Å²) in [5.74, 6) is -0.333. The summed E-state index contributed by atoms with van der Waals surface area (Å²) < 4.78 is 35.0. The quantitative estimate of drug-likeness (QED) is 0.0218. The van der Waals surface area contributed by atoms with Gasteiger partial charge in [-0.1, -0.05) is 159 Å². The normalized spacial score (nSPS) is 14.2. The Hall–Kier alpha value is -1.28. The predicted molar refractivity (Wildman–Crippen MR) is 224 cm³/mol. The zero-order valence-corrected chi connectivity index (χ0v) is 36.1. The molecule has 2 atom stereocenters. The smallest absolute Gasteiger partial charge is 0.457 e. The molecular weight excluding hydrogens is 685 g/mol. The summed E-state index contributed by atoms with van der Waals surface area (Å²) in [6.07, 6.45) is 43.1. The minimum absolute atomic E-state index is 0.0846. The molecule has 1 unspecified atom stereocenters. The molecule has 0 aromatic carbocycles. The SMILES string of the molecule is CCCCC/C=C/C/C=C/C/C=C/CCCCCCC(=O)O[C@H](COCCCCCCCCCCCCCCCC)COP(=O)(O)OCC[N+](C)(C)C. The lowest BCUT2D eigenvalue weighted by atomic mass is 10.0. The lowest BCUT2D eigenvalue weighted by molar-refractivity contribution is -0.870. The second kappa shape index (κ2) is 37.6. The highest BCUT2D eigenvalue weighted by molar-refractivity contribution is 7.47. The molecule has 0 rings (SSSR count). The molecule has 0 heterocycles. The Kier molecular flexibility index (Phi) is 36.7. The van der Waals surface area contributed by atoms with Gasteiger partial charge in [-0.3, -0.25) is 13.8 Å². The topological polar surface area (TPSA) is 91.3 Å². The van der Waals surface area contributed by atoms with Crippen LogP contribution in [0.3, 0.4) is 0 Å². The van der Waals surface area contributed by atoms with Crippen molar-refractivity contribution < 1.29 is 37.3 Å². The summed E-state index contributed by atoms with van der Waals surface area (Å²) in [6.45, 7) is 5.58. The summed E-state index contributed by atoms with van der Waals surface area (Å²) in [5.41, 5.74) is 0. The van der Waals surface area contributed by atoms with Crippen LogP contribution in [-0.2, 0) is 27.9 Å². The molecule has 8 nitrogen and oxygen atoms in total. The van der Waals surface area contributed by atoms with Crippen molar-refractivity contribution >= 4 is 13.8 Å². The second-order valence-corrected chi connectivity index (χ2v) is 17.2. The van der Waals surface area contributed by atoms with Gasteiger partial charge in [-0.15, -0.1) is 0 Å². The Morgan fingerprint density at radius 3 is 1.58 bits per heavy atom. The standard InChI is InChI=1S/C44H84NO7P/c1-6-8-10-12-14-16-18-20-22-23-24-25-27-29-31-33-35-37-44(46)52-43(42-51-53(47,48)50-40-38-45(3,4)5)41-49-39-36-34-32-30-28-26-21-19-17-15-13-11-9-7-2/h14,16,20,22,24-25,43H,6-13,15,17-19,21,23,26-42H2,1-5H3/p+1/b16-14+,22-20+,25-24+/t43-/m1/s1. The van der Waals surface area contributed by atoms with E-state index in [4.69, 9.17) is 18.5 Å². The lowest BCUT2D eigenvalue weighted by Crippen LogP contribution is -2.37. The monoisotopic (exact) mass is 771 g/mol. The van der Waals surface area contributed by atoms with Crippen LogP contribution in [0.1, 0.15) is 181 Å². The fraction of sp³-hybridized carbons (Fsp3) is 0.841. The van der Waals surface area contributed by atoms with Crippen LogP contribution in [-0.4, -0.2) is 75.6 Å². The van der Waals surface area contributed by atoms with E-state index in [1.165, 1.54) is 103 Å². The van der Waals surface area contributed by atoms with Crippen LogP contribution in [0.4, 0.5) is 0 Å². The molecule has 1 N–H and O–H groups in total. The molecule has 0 aliphatic carbocycles. The van der Waals surface area contributed by atoms with Crippen molar-refractivity contribution in [2.45, 2.75) is 187 Å². The highest BCUT2D eigenvalue weighted by atomic mass is 31.2. The van der Waals surface area contributed by atoms with Gasteiger partial charge in [0.05, 0.1) is 34.4 Å². The number of ether oxygens (including phenoxy) is 2. The number of unbranched alkanes of at least 4 members (excludes halogenated alkanes) is 20. The van der Waals surface area contributed by atoms with Crippen LogP contribution < -0.4 is 0 Å². The highest BCUT2D eigenvalue weighted by Crippen LogP contribution is 2.43. The molecule has 0 radical (unpaired) electrons. The fourth-order valence-electron chi connectivity index (χ4n) is 5.79. The number of hydrogen-bond donors (Lipinski definition) is 1. The number of quaternary nitrogens is 1. The van der Waals surface area contributed by atoms with Gasteiger partial charge in [0.15, 0.2) is 0 Å². The van der Waals surface area contributed by atoms with Crippen LogP contribution in [0.25, 0.3) is 0 Å². The van der Waals surface area contributed by atoms with E-state index in [1.54, 1.807) is 0 Å². The Morgan fingerprint density at radius 2 is 1.04 bits per heavy atom. The van der Waals surface area contributed by atoms with Crippen LogP contribution >= 0.6 is 7.82 Å². The average Bonchev–Trinajstić information content (AvgIpc) is 3.11. The Labute approximate surface area is 327 Å². The van der Waals surface area contributed by atoms with Gasteiger partial charge in [0, 0.05) is 13.0 Å². The van der Waals surface area contributed by atoms with Crippen LogP contribution in [0.2, 0.25) is 0 Å². The zero-order valence-electron chi connectivity index (χ0n) is 35.3. The Balaban J connectivity index is 4.29. The van der Waals surface area contributed by atoms with Crippen molar-refractivity contribution in [1.29, 1.82) is 0 Å². The summed E-state index contributed by atoms with van der Waals surface area (Å²) >= 11 is 0. The molecular formula is C44H85NO7P+. The van der Waals surface area contributed by atoms with Gasteiger partial charge in [-0.05, 0) is 51.4 Å². The van der Waals surface area contributed by atoms with E-state index in [-0.39, 0.29) is 25.8 Å². The first kappa shape index (κ1) is 51.7. The molecule has 0 aromatic rings. The van der Waals surface area contributed by atoms with Gasteiger partial charge in [-0.2, -0.15) is 0 Å². The summed E-state index contributed by atoms with van der Waals surface area (Å²) in [7, 11) is 1.65. The molecule has 0 aromatic heterocycles. The van der Waals surface area contributed by atoms with Gasteiger partial charge < -0.3 is 18.9 Å². The second-order valence-electron chi connectivity index (χ2n) is 15.7. The molecule has 53 heavy (non-hydrogen) atoms. The molecule has 0 aliphatic heterocycles. The summed E-state index contributed by atoms with van der Waals surface area (Å²) in [6, 6.07) is 0. The number of phosphoric ester groups is 1. The van der Waals surface area contributed by atoms with Crippen molar-refractivity contribution in [2.24, 2.45) is 0 Å². The zero-order chi connectivity index (χ0) is 39.1. The first-order chi connectivity index (χ1) is 25.6. The minimum Gasteiger partial charge on any atom is -0.457 e. The van der Waals surface area contributed by atoms with Gasteiger partial charge in [0.25, 0.3) is 0 Å². The fourth-order valence-corrected chi connectivity index (χ4v) is 6.54. The largest absolute Gasteiger partial charge is 0.472 e. The first-order valence-electron chi connectivity index (χ1n) is 21.7. The van der Waals surface area contributed by atoms with Crippen molar-refractivity contribution in [3.8, 4) is 0 Å². The van der Waals surface area contributed by atoms with Crippen LogP contribution in [0.15, 0.2) is 36.5 Å². The molecule has 312 valence electrons. The van der Waals surface area contributed by atoms with Gasteiger partial charge in [0.1, 0.15) is 19.3 Å².